The average molecular weight is 235 g/mol. The number of rotatable bonds is 4. The molecule has 1 aliphatic heterocycles. The van der Waals surface area contributed by atoms with E-state index in [0.29, 0.717) is 6.42 Å². The quantitative estimate of drug-likeness (QED) is 0.580. The Kier molecular flexibility index (Phi) is 3.42. The second kappa shape index (κ2) is 4.83. The molecule has 0 bridgehead atoms. The van der Waals surface area contributed by atoms with Crippen LogP contribution in [0.4, 0.5) is 5.69 Å². The first kappa shape index (κ1) is 12.0. The van der Waals surface area contributed by atoms with Gasteiger partial charge in [0.2, 0.25) is 5.91 Å². The van der Waals surface area contributed by atoms with Crippen LogP contribution in [0.15, 0.2) is 18.2 Å². The number of carbonyl (C=O) groups excluding carboxylic acids is 1. The van der Waals surface area contributed by atoms with Crippen LogP contribution in [-0.4, -0.2) is 30.7 Å². The molecule has 1 aromatic carbocycles. The highest BCUT2D eigenvalue weighted by Gasteiger charge is 2.22. The smallest absolute Gasteiger partial charge is 0.228 e. The fraction of sp³-hybridized carbons (Fsp3) is 0.417. The highest BCUT2D eigenvalue weighted by atomic mass is 16.3. The van der Waals surface area contributed by atoms with Crippen molar-refractivity contribution in [2.45, 2.75) is 18.5 Å². The van der Waals surface area contributed by atoms with Gasteiger partial charge in [0.1, 0.15) is 0 Å². The number of benzene rings is 1. The number of anilines is 1. The molecule has 0 saturated carbocycles. The van der Waals surface area contributed by atoms with Crippen molar-refractivity contribution in [3.63, 3.8) is 0 Å². The van der Waals surface area contributed by atoms with Crippen LogP contribution in [0.3, 0.4) is 0 Å². The molecule has 2 rings (SSSR count). The van der Waals surface area contributed by atoms with E-state index in [2.05, 4.69) is 10.6 Å². The summed E-state index contributed by atoms with van der Waals surface area (Å²) in [6.45, 7) is -0.0836. The van der Waals surface area contributed by atoms with Crippen molar-refractivity contribution >= 4 is 11.6 Å². The molecule has 92 valence electrons. The highest BCUT2D eigenvalue weighted by Crippen LogP contribution is 2.27. The van der Waals surface area contributed by atoms with Gasteiger partial charge in [-0.1, -0.05) is 12.1 Å². The van der Waals surface area contributed by atoms with E-state index in [9.17, 15) is 4.79 Å². The molecule has 0 saturated heterocycles. The molecule has 5 heteroatoms. The number of nitrogens with one attached hydrogen (secondary N) is 2. The van der Waals surface area contributed by atoms with E-state index in [1.807, 2.05) is 18.2 Å². The number of hydrogen-bond donors (Lipinski definition) is 4. The molecule has 0 aliphatic carbocycles. The molecular weight excluding hydrogens is 218 g/mol. The molecule has 1 aromatic rings. The first-order valence-electron chi connectivity index (χ1n) is 5.62. The van der Waals surface area contributed by atoms with Gasteiger partial charge in [-0.25, -0.2) is 0 Å². The fourth-order valence-corrected chi connectivity index (χ4v) is 2.18. The molecule has 0 fully saturated rings. The number of nitrogens with two attached hydrogens (primary N) is 1. The van der Waals surface area contributed by atoms with Gasteiger partial charge in [-0.15, -0.1) is 0 Å². The van der Waals surface area contributed by atoms with Crippen LogP contribution >= 0.6 is 0 Å². The number of fused-ring (bicyclic) bond motifs is 1. The van der Waals surface area contributed by atoms with E-state index in [1.165, 1.54) is 0 Å². The zero-order chi connectivity index (χ0) is 12.4. The predicted octanol–water partition coefficient (Wildman–Crippen LogP) is -0.239. The summed E-state index contributed by atoms with van der Waals surface area (Å²) in [5.74, 6) is 0.0182. The van der Waals surface area contributed by atoms with Gasteiger partial charge in [-0.3, -0.25) is 4.79 Å². The Morgan fingerprint density at radius 3 is 3.00 bits per heavy atom. The minimum absolute atomic E-state index is 0.0182. The van der Waals surface area contributed by atoms with Gasteiger partial charge in [0.15, 0.2) is 0 Å². The highest BCUT2D eigenvalue weighted by molar-refractivity contribution is 5.99. The van der Waals surface area contributed by atoms with Crippen LogP contribution < -0.4 is 16.4 Å². The number of hydrogen-bond acceptors (Lipinski definition) is 4. The summed E-state index contributed by atoms with van der Waals surface area (Å²) in [5.41, 5.74) is 8.68. The van der Waals surface area contributed by atoms with E-state index in [4.69, 9.17) is 10.8 Å². The number of aliphatic hydroxyl groups excluding tert-OH is 1. The van der Waals surface area contributed by atoms with E-state index >= 15 is 0 Å². The number of amides is 1. The van der Waals surface area contributed by atoms with E-state index in [0.717, 1.165) is 16.8 Å². The Bertz CT molecular complexity index is 434. The van der Waals surface area contributed by atoms with Crippen LogP contribution in [0, 0.1) is 0 Å². The number of carbonyl (C=O) groups is 1. The number of aliphatic hydroxyl groups is 1. The molecule has 1 amide bonds. The standard InChI is InChI=1S/C12H17N3O2/c1-14-12(9(13)6-16)7-2-3-10-8(4-7)5-11(17)15-10/h2-4,9,12,14,16H,5-6,13H2,1H3,(H,15,17). The van der Waals surface area contributed by atoms with Gasteiger partial charge in [-0.05, 0) is 24.2 Å². The summed E-state index contributed by atoms with van der Waals surface area (Å²) >= 11 is 0. The molecule has 5 nitrogen and oxygen atoms in total. The molecule has 5 N–H and O–H groups in total. The maximum absolute atomic E-state index is 11.2. The lowest BCUT2D eigenvalue weighted by Gasteiger charge is -2.22. The van der Waals surface area contributed by atoms with Crippen LogP contribution in [0.25, 0.3) is 0 Å². The van der Waals surface area contributed by atoms with Gasteiger partial charge >= 0.3 is 0 Å². The summed E-state index contributed by atoms with van der Waals surface area (Å²) in [7, 11) is 1.80. The second-order valence-corrected chi connectivity index (χ2v) is 4.25. The largest absolute Gasteiger partial charge is 0.395 e. The van der Waals surface area contributed by atoms with E-state index < -0.39 is 0 Å². The Balaban J connectivity index is 2.28. The van der Waals surface area contributed by atoms with Crippen molar-refractivity contribution in [2.24, 2.45) is 5.73 Å². The third-order valence-corrected chi connectivity index (χ3v) is 3.06. The lowest BCUT2D eigenvalue weighted by molar-refractivity contribution is -0.115. The average Bonchev–Trinajstić information content (AvgIpc) is 2.69. The Morgan fingerprint density at radius 1 is 1.59 bits per heavy atom. The first-order chi connectivity index (χ1) is 8.15. The topological polar surface area (TPSA) is 87.4 Å². The van der Waals surface area contributed by atoms with Gasteiger partial charge in [0.25, 0.3) is 0 Å². The summed E-state index contributed by atoms with van der Waals surface area (Å²) in [4.78, 5) is 11.2. The maximum atomic E-state index is 11.2. The van der Waals surface area contributed by atoms with Crippen molar-refractivity contribution < 1.29 is 9.90 Å². The molecule has 2 unspecified atom stereocenters. The van der Waals surface area contributed by atoms with Gasteiger partial charge < -0.3 is 21.5 Å². The third-order valence-electron chi connectivity index (χ3n) is 3.06. The van der Waals surface area contributed by atoms with Crippen molar-refractivity contribution in [1.82, 2.24) is 5.32 Å². The zero-order valence-electron chi connectivity index (χ0n) is 9.73. The first-order valence-corrected chi connectivity index (χ1v) is 5.62. The third kappa shape index (κ3) is 2.31. The molecule has 1 heterocycles. The molecule has 1 aliphatic rings. The summed E-state index contributed by atoms with van der Waals surface area (Å²) < 4.78 is 0. The zero-order valence-corrected chi connectivity index (χ0v) is 9.73. The minimum atomic E-state index is -0.358. The molecule has 0 aromatic heterocycles. The van der Waals surface area contributed by atoms with Crippen LogP contribution in [0.2, 0.25) is 0 Å². The van der Waals surface area contributed by atoms with E-state index in [-0.39, 0.29) is 24.6 Å². The van der Waals surface area contributed by atoms with E-state index in [1.54, 1.807) is 7.05 Å². The lowest BCUT2D eigenvalue weighted by Crippen LogP contribution is -2.38. The van der Waals surface area contributed by atoms with Crippen molar-refractivity contribution in [2.75, 3.05) is 19.0 Å². The fourth-order valence-electron chi connectivity index (χ4n) is 2.18. The van der Waals surface area contributed by atoms with Crippen molar-refractivity contribution in [3.05, 3.63) is 29.3 Å². The number of likely N-dealkylation sites (N-methyl/N-ethyl adjacent to an activating group) is 1. The van der Waals surface area contributed by atoms with Crippen LogP contribution in [0.1, 0.15) is 17.2 Å². The normalized spacial score (nSPS) is 17.5. The van der Waals surface area contributed by atoms with Crippen molar-refractivity contribution in [1.29, 1.82) is 0 Å². The van der Waals surface area contributed by atoms with Gasteiger partial charge in [0.05, 0.1) is 13.0 Å². The maximum Gasteiger partial charge on any atom is 0.228 e. The SMILES string of the molecule is CNC(c1ccc2c(c1)CC(=O)N2)C(N)CO. The van der Waals surface area contributed by atoms with Gasteiger partial charge in [-0.2, -0.15) is 0 Å². The molecular formula is C12H17N3O2. The summed E-state index contributed by atoms with van der Waals surface area (Å²) in [6, 6.07) is 5.29. The van der Waals surface area contributed by atoms with Gasteiger partial charge in [0, 0.05) is 17.8 Å². The Morgan fingerprint density at radius 2 is 2.35 bits per heavy atom. The predicted molar refractivity (Wildman–Crippen MR) is 65.6 cm³/mol. The molecule has 0 radical (unpaired) electrons. The summed E-state index contributed by atoms with van der Waals surface area (Å²) in [5, 5.41) is 15.0. The molecule has 0 spiro atoms. The monoisotopic (exact) mass is 235 g/mol. The Hall–Kier alpha value is -1.43. The van der Waals surface area contributed by atoms with Crippen LogP contribution in [-0.2, 0) is 11.2 Å². The van der Waals surface area contributed by atoms with Crippen molar-refractivity contribution in [3.8, 4) is 0 Å². The van der Waals surface area contributed by atoms with Crippen LogP contribution in [0.5, 0.6) is 0 Å². The lowest BCUT2D eigenvalue weighted by atomic mass is 9.97. The summed E-state index contributed by atoms with van der Waals surface area (Å²) in [6.07, 6.45) is 0.411. The Labute approximate surface area is 100 Å². The minimum Gasteiger partial charge on any atom is -0.395 e. The molecule has 2 atom stereocenters. The molecule has 17 heavy (non-hydrogen) atoms. The second-order valence-electron chi connectivity index (χ2n) is 4.25.